The molecule has 8 nitrogen and oxygen atoms in total. The van der Waals surface area contributed by atoms with Crippen molar-refractivity contribution in [3.8, 4) is 11.5 Å². The summed E-state index contributed by atoms with van der Waals surface area (Å²) in [4.78, 5) is 16.4. The highest BCUT2D eigenvalue weighted by molar-refractivity contribution is 5.97. The second kappa shape index (κ2) is 7.10. The Bertz CT molecular complexity index is 686. The zero-order chi connectivity index (χ0) is 16.1. The zero-order valence-electron chi connectivity index (χ0n) is 12.7. The summed E-state index contributed by atoms with van der Waals surface area (Å²) in [5, 5.41) is 6.56. The molecule has 1 aromatic carbocycles. The minimum Gasteiger partial charge on any atom is -0.486 e. The molecular formula is C15H17N3O5. The molecule has 0 spiro atoms. The minimum absolute atomic E-state index is 0.232. The summed E-state index contributed by atoms with van der Waals surface area (Å²) in [6, 6.07) is 5.24. The number of amides is 1. The number of ether oxygens (including phenoxy) is 3. The third-order valence-electron chi connectivity index (χ3n) is 3.22. The van der Waals surface area contributed by atoms with E-state index in [0.29, 0.717) is 61.6 Å². The SMILES string of the molecule is COCc1noc(CCNC(=O)c2cccc3c2OCCO3)n1. The van der Waals surface area contributed by atoms with Gasteiger partial charge in [0.1, 0.15) is 19.8 Å². The lowest BCUT2D eigenvalue weighted by atomic mass is 10.1. The van der Waals surface area contributed by atoms with E-state index in [1.54, 1.807) is 25.3 Å². The lowest BCUT2D eigenvalue weighted by Gasteiger charge is -2.20. The summed E-state index contributed by atoms with van der Waals surface area (Å²) in [6.45, 7) is 1.59. The summed E-state index contributed by atoms with van der Waals surface area (Å²) >= 11 is 0. The van der Waals surface area contributed by atoms with Gasteiger partial charge < -0.3 is 24.1 Å². The van der Waals surface area contributed by atoms with Crippen molar-refractivity contribution < 1.29 is 23.5 Å². The Morgan fingerprint density at radius 2 is 2.22 bits per heavy atom. The van der Waals surface area contributed by atoms with Gasteiger partial charge in [0, 0.05) is 20.1 Å². The molecule has 1 N–H and O–H groups in total. The molecule has 0 atom stereocenters. The highest BCUT2D eigenvalue weighted by Gasteiger charge is 2.20. The first kappa shape index (κ1) is 15.3. The number of nitrogens with one attached hydrogen (secondary N) is 1. The van der Waals surface area contributed by atoms with Crippen LogP contribution in [0.15, 0.2) is 22.7 Å². The largest absolute Gasteiger partial charge is 0.486 e. The molecule has 1 amide bonds. The van der Waals surface area contributed by atoms with Gasteiger partial charge in [0.05, 0.1) is 5.56 Å². The molecule has 0 fully saturated rings. The van der Waals surface area contributed by atoms with Crippen molar-refractivity contribution in [1.29, 1.82) is 0 Å². The Morgan fingerprint density at radius 1 is 1.35 bits per heavy atom. The van der Waals surface area contributed by atoms with Crippen molar-refractivity contribution in [2.75, 3.05) is 26.9 Å². The lowest BCUT2D eigenvalue weighted by molar-refractivity contribution is 0.0942. The molecule has 2 heterocycles. The standard InChI is InChI=1S/C15H17N3O5/c1-20-9-12-17-13(23-18-12)5-6-16-15(19)10-3-2-4-11-14(10)22-8-7-21-11/h2-4H,5-9H2,1H3,(H,16,19). The third-order valence-corrected chi connectivity index (χ3v) is 3.22. The number of nitrogens with zero attached hydrogens (tertiary/aromatic N) is 2. The quantitative estimate of drug-likeness (QED) is 0.847. The number of aromatic nitrogens is 2. The van der Waals surface area contributed by atoms with E-state index in [2.05, 4.69) is 15.5 Å². The fourth-order valence-corrected chi connectivity index (χ4v) is 2.21. The average Bonchev–Trinajstić information content (AvgIpc) is 3.02. The van der Waals surface area contributed by atoms with Crippen LogP contribution in [0.25, 0.3) is 0 Å². The Morgan fingerprint density at radius 3 is 3.09 bits per heavy atom. The Balaban J connectivity index is 1.57. The molecule has 3 rings (SSSR count). The van der Waals surface area contributed by atoms with E-state index in [-0.39, 0.29) is 5.91 Å². The highest BCUT2D eigenvalue weighted by Crippen LogP contribution is 2.33. The molecule has 1 aliphatic heterocycles. The normalized spacial score (nSPS) is 12.9. The number of carbonyl (C=O) groups is 1. The highest BCUT2D eigenvalue weighted by atomic mass is 16.6. The first-order chi connectivity index (χ1) is 11.3. The number of hydrogen-bond donors (Lipinski definition) is 1. The van der Waals surface area contributed by atoms with Gasteiger partial charge in [0.2, 0.25) is 5.89 Å². The fraction of sp³-hybridized carbons (Fsp3) is 0.400. The molecule has 2 aromatic rings. The number of carbonyl (C=O) groups excluding carboxylic acids is 1. The van der Waals surface area contributed by atoms with Gasteiger partial charge in [-0.15, -0.1) is 0 Å². The van der Waals surface area contributed by atoms with Crippen LogP contribution < -0.4 is 14.8 Å². The van der Waals surface area contributed by atoms with Crippen molar-refractivity contribution in [3.05, 3.63) is 35.5 Å². The Kier molecular flexibility index (Phi) is 4.72. The number of fused-ring (bicyclic) bond motifs is 1. The molecule has 8 heteroatoms. The second-order valence-electron chi connectivity index (χ2n) is 4.87. The summed E-state index contributed by atoms with van der Waals surface area (Å²) in [5.41, 5.74) is 0.452. The van der Waals surface area contributed by atoms with Crippen molar-refractivity contribution in [2.24, 2.45) is 0 Å². The number of hydrogen-bond acceptors (Lipinski definition) is 7. The van der Waals surface area contributed by atoms with Gasteiger partial charge in [-0.1, -0.05) is 11.2 Å². The minimum atomic E-state index is -0.232. The first-order valence-corrected chi connectivity index (χ1v) is 7.25. The maximum Gasteiger partial charge on any atom is 0.255 e. The molecule has 0 radical (unpaired) electrons. The van der Waals surface area contributed by atoms with E-state index in [4.69, 9.17) is 18.7 Å². The van der Waals surface area contributed by atoms with Crippen LogP contribution in [0.2, 0.25) is 0 Å². The maximum absolute atomic E-state index is 12.3. The smallest absolute Gasteiger partial charge is 0.255 e. The molecule has 0 aliphatic carbocycles. The van der Waals surface area contributed by atoms with Gasteiger partial charge in [0.25, 0.3) is 5.91 Å². The van der Waals surface area contributed by atoms with Crippen LogP contribution in [0.1, 0.15) is 22.1 Å². The fourth-order valence-electron chi connectivity index (χ4n) is 2.21. The summed E-state index contributed by atoms with van der Waals surface area (Å²) in [5.74, 6) is 1.77. The Hall–Kier alpha value is -2.61. The summed E-state index contributed by atoms with van der Waals surface area (Å²) < 4.78 is 21.0. The van der Waals surface area contributed by atoms with Gasteiger partial charge >= 0.3 is 0 Å². The van der Waals surface area contributed by atoms with Gasteiger partial charge in [-0.25, -0.2) is 0 Å². The molecule has 0 bridgehead atoms. The van der Waals surface area contributed by atoms with E-state index in [9.17, 15) is 4.79 Å². The molecule has 0 saturated carbocycles. The van der Waals surface area contributed by atoms with Gasteiger partial charge in [-0.05, 0) is 12.1 Å². The predicted molar refractivity (Wildman–Crippen MR) is 78.5 cm³/mol. The first-order valence-electron chi connectivity index (χ1n) is 7.25. The lowest BCUT2D eigenvalue weighted by Crippen LogP contribution is -2.27. The molecule has 122 valence electrons. The van der Waals surface area contributed by atoms with E-state index < -0.39 is 0 Å². The van der Waals surface area contributed by atoms with Crippen LogP contribution in [0.5, 0.6) is 11.5 Å². The van der Waals surface area contributed by atoms with Crippen LogP contribution in [0, 0.1) is 0 Å². The van der Waals surface area contributed by atoms with Gasteiger partial charge in [0.15, 0.2) is 17.3 Å². The van der Waals surface area contributed by atoms with Crippen LogP contribution in [-0.2, 0) is 17.8 Å². The molecule has 0 unspecified atom stereocenters. The molecular weight excluding hydrogens is 302 g/mol. The zero-order valence-corrected chi connectivity index (χ0v) is 12.7. The van der Waals surface area contributed by atoms with Crippen LogP contribution >= 0.6 is 0 Å². The molecule has 0 saturated heterocycles. The molecule has 23 heavy (non-hydrogen) atoms. The van der Waals surface area contributed by atoms with Crippen LogP contribution in [0.3, 0.4) is 0 Å². The number of benzene rings is 1. The number of methoxy groups -OCH3 is 1. The summed E-state index contributed by atoms with van der Waals surface area (Å²) in [7, 11) is 1.56. The van der Waals surface area contributed by atoms with Crippen LogP contribution in [-0.4, -0.2) is 42.9 Å². The van der Waals surface area contributed by atoms with Crippen molar-refractivity contribution in [3.63, 3.8) is 0 Å². The number of rotatable bonds is 6. The predicted octanol–water partition coefficient (Wildman–Crippen LogP) is 0.960. The topological polar surface area (TPSA) is 95.7 Å². The summed E-state index contributed by atoms with van der Waals surface area (Å²) in [6.07, 6.45) is 0.439. The molecule has 1 aromatic heterocycles. The van der Waals surface area contributed by atoms with Crippen molar-refractivity contribution in [1.82, 2.24) is 15.5 Å². The maximum atomic E-state index is 12.3. The second-order valence-corrected chi connectivity index (χ2v) is 4.87. The van der Waals surface area contributed by atoms with Gasteiger partial charge in [-0.2, -0.15) is 4.98 Å². The van der Waals surface area contributed by atoms with Crippen LogP contribution in [0.4, 0.5) is 0 Å². The van der Waals surface area contributed by atoms with E-state index >= 15 is 0 Å². The monoisotopic (exact) mass is 319 g/mol. The molecule has 1 aliphatic rings. The Labute approximate surface area is 132 Å². The average molecular weight is 319 g/mol. The number of para-hydroxylation sites is 1. The van der Waals surface area contributed by atoms with Crippen molar-refractivity contribution >= 4 is 5.91 Å². The van der Waals surface area contributed by atoms with E-state index in [0.717, 1.165) is 0 Å². The van der Waals surface area contributed by atoms with Crippen molar-refractivity contribution in [2.45, 2.75) is 13.0 Å². The van der Waals surface area contributed by atoms with E-state index in [1.165, 1.54) is 0 Å². The van der Waals surface area contributed by atoms with E-state index in [1.807, 2.05) is 0 Å². The third kappa shape index (κ3) is 3.59. The van der Waals surface area contributed by atoms with Gasteiger partial charge in [-0.3, -0.25) is 4.79 Å².